The predicted molar refractivity (Wildman–Crippen MR) is 112 cm³/mol. The smallest absolute Gasteiger partial charge is 0.234 e. The second-order valence-electron chi connectivity index (χ2n) is 7.72. The summed E-state index contributed by atoms with van der Waals surface area (Å²) >= 11 is 0. The van der Waals surface area contributed by atoms with Gasteiger partial charge in [0.2, 0.25) is 11.8 Å². The molecule has 2 aromatic carbocycles. The highest BCUT2D eigenvalue weighted by Crippen LogP contribution is 2.44. The Kier molecular flexibility index (Phi) is 4.83. The maximum Gasteiger partial charge on any atom is 0.234 e. The van der Waals surface area contributed by atoms with Crippen molar-refractivity contribution in [2.45, 2.75) is 31.8 Å². The van der Waals surface area contributed by atoms with Crippen LogP contribution in [0.5, 0.6) is 17.4 Å². The van der Waals surface area contributed by atoms with E-state index in [1.807, 2.05) is 60.4 Å². The number of carbonyl (C=O) groups excluding carboxylic acids is 1. The fourth-order valence-electron chi connectivity index (χ4n) is 4.26. The molecule has 0 radical (unpaired) electrons. The molecule has 1 fully saturated rings. The average Bonchev–Trinajstić information content (AvgIpc) is 2.77. The fraction of sp³-hybridized carbons (Fsp3) is 0.292. The van der Waals surface area contributed by atoms with Crippen LogP contribution in [0.15, 0.2) is 60.8 Å². The van der Waals surface area contributed by atoms with E-state index in [2.05, 4.69) is 9.97 Å². The van der Waals surface area contributed by atoms with Gasteiger partial charge in [0.15, 0.2) is 0 Å². The second-order valence-corrected chi connectivity index (χ2v) is 7.72. The summed E-state index contributed by atoms with van der Waals surface area (Å²) in [6, 6.07) is 17.3. The lowest BCUT2D eigenvalue weighted by Gasteiger charge is -2.36. The Hall–Kier alpha value is -3.41. The van der Waals surface area contributed by atoms with Crippen LogP contribution in [0.3, 0.4) is 0 Å². The van der Waals surface area contributed by atoms with Crippen molar-refractivity contribution >= 4 is 5.91 Å². The van der Waals surface area contributed by atoms with E-state index in [-0.39, 0.29) is 17.9 Å². The lowest BCUT2D eigenvalue weighted by molar-refractivity contribution is -0.134. The van der Waals surface area contributed by atoms with E-state index in [1.54, 1.807) is 12.3 Å². The number of likely N-dealkylation sites (tertiary alicyclic amines) is 1. The number of fused-ring (bicyclic) bond motifs is 2. The number of aryl methyl sites for hydroxylation is 1. The minimum absolute atomic E-state index is 0.0812. The van der Waals surface area contributed by atoms with Gasteiger partial charge in [0.25, 0.3) is 0 Å². The summed E-state index contributed by atoms with van der Waals surface area (Å²) < 4.78 is 12.1. The largest absolute Gasteiger partial charge is 0.472 e. The van der Waals surface area contributed by atoms with Gasteiger partial charge in [0.05, 0.1) is 12.5 Å². The standard InChI is InChI=1S/C24H23N3O3/c1-16-25-13-12-22(26-16)29-17-7-6-14-27(15-17)24(28)23-18-8-2-4-10-20(18)30-21-11-5-3-9-19(21)23/h2-5,8-13,17,23H,6-7,14-15H2,1H3. The Labute approximate surface area is 175 Å². The van der Waals surface area contributed by atoms with E-state index in [0.717, 1.165) is 42.0 Å². The summed E-state index contributed by atoms with van der Waals surface area (Å²) in [7, 11) is 0. The van der Waals surface area contributed by atoms with Crippen molar-refractivity contribution in [2.24, 2.45) is 0 Å². The van der Waals surface area contributed by atoms with Gasteiger partial charge in [-0.25, -0.2) is 4.98 Å². The number of para-hydroxylation sites is 2. The minimum Gasteiger partial charge on any atom is -0.472 e. The maximum atomic E-state index is 13.7. The SMILES string of the molecule is Cc1nccc(OC2CCCN(C(=O)C3c4ccccc4Oc4ccccc43)C2)n1. The minimum atomic E-state index is -0.369. The highest BCUT2D eigenvalue weighted by atomic mass is 16.5. The van der Waals surface area contributed by atoms with Crippen LogP contribution in [0.2, 0.25) is 0 Å². The zero-order valence-electron chi connectivity index (χ0n) is 16.8. The van der Waals surface area contributed by atoms with Crippen LogP contribution >= 0.6 is 0 Å². The summed E-state index contributed by atoms with van der Waals surface area (Å²) in [5.41, 5.74) is 1.83. The summed E-state index contributed by atoms with van der Waals surface area (Å²) in [6.07, 6.45) is 3.41. The molecule has 152 valence electrons. The van der Waals surface area contributed by atoms with Crippen molar-refractivity contribution in [3.05, 3.63) is 77.7 Å². The summed E-state index contributed by atoms with van der Waals surface area (Å²) in [6.45, 7) is 3.11. The van der Waals surface area contributed by atoms with Crippen molar-refractivity contribution < 1.29 is 14.3 Å². The molecule has 0 saturated carbocycles. The molecule has 0 bridgehead atoms. The fourth-order valence-corrected chi connectivity index (χ4v) is 4.26. The van der Waals surface area contributed by atoms with Gasteiger partial charge in [0.1, 0.15) is 23.4 Å². The van der Waals surface area contributed by atoms with E-state index in [9.17, 15) is 4.79 Å². The van der Waals surface area contributed by atoms with Gasteiger partial charge >= 0.3 is 0 Å². The van der Waals surface area contributed by atoms with Gasteiger partial charge < -0.3 is 14.4 Å². The predicted octanol–water partition coefficient (Wildman–Crippen LogP) is 4.09. The number of carbonyl (C=O) groups is 1. The van der Waals surface area contributed by atoms with Crippen molar-refractivity contribution in [1.82, 2.24) is 14.9 Å². The first-order chi connectivity index (χ1) is 14.7. The second kappa shape index (κ2) is 7.78. The van der Waals surface area contributed by atoms with Crippen LogP contribution < -0.4 is 9.47 Å². The molecule has 3 aromatic rings. The quantitative estimate of drug-likeness (QED) is 0.661. The number of benzene rings is 2. The number of piperidine rings is 1. The van der Waals surface area contributed by atoms with Crippen LogP contribution in [0.25, 0.3) is 0 Å². The number of aromatic nitrogens is 2. The molecule has 1 unspecified atom stereocenters. The molecule has 30 heavy (non-hydrogen) atoms. The molecule has 3 heterocycles. The van der Waals surface area contributed by atoms with Gasteiger partial charge in [0, 0.05) is 29.9 Å². The number of nitrogens with zero attached hydrogens (tertiary/aromatic N) is 3. The van der Waals surface area contributed by atoms with Gasteiger partial charge in [-0.2, -0.15) is 4.98 Å². The molecular weight excluding hydrogens is 378 g/mol. The normalized spacial score (nSPS) is 18.2. The number of ether oxygens (including phenoxy) is 2. The van der Waals surface area contributed by atoms with Crippen molar-refractivity contribution in [3.63, 3.8) is 0 Å². The lowest BCUT2D eigenvalue weighted by atomic mass is 9.86. The van der Waals surface area contributed by atoms with Crippen LogP contribution in [0.1, 0.15) is 35.7 Å². The molecule has 2 aliphatic rings. The Balaban J connectivity index is 1.40. The van der Waals surface area contributed by atoms with Gasteiger partial charge in [-0.3, -0.25) is 4.79 Å². The molecule has 1 aromatic heterocycles. The molecule has 1 atom stereocenters. The highest BCUT2D eigenvalue weighted by molar-refractivity contribution is 5.89. The molecule has 2 aliphatic heterocycles. The molecular formula is C24H23N3O3. The van der Waals surface area contributed by atoms with E-state index in [0.29, 0.717) is 18.2 Å². The van der Waals surface area contributed by atoms with Gasteiger partial charge in [-0.15, -0.1) is 0 Å². The summed E-state index contributed by atoms with van der Waals surface area (Å²) in [5, 5.41) is 0. The van der Waals surface area contributed by atoms with E-state index in [1.165, 1.54) is 0 Å². The zero-order valence-corrected chi connectivity index (χ0v) is 16.8. The average molecular weight is 401 g/mol. The molecule has 0 aliphatic carbocycles. The van der Waals surface area contributed by atoms with E-state index < -0.39 is 0 Å². The Morgan fingerprint density at radius 1 is 1.07 bits per heavy atom. The summed E-state index contributed by atoms with van der Waals surface area (Å²) in [4.78, 5) is 24.1. The third kappa shape index (κ3) is 3.49. The van der Waals surface area contributed by atoms with Crippen molar-refractivity contribution in [3.8, 4) is 17.4 Å². The maximum absolute atomic E-state index is 13.7. The zero-order chi connectivity index (χ0) is 20.5. The Morgan fingerprint density at radius 3 is 2.47 bits per heavy atom. The number of rotatable bonds is 3. The van der Waals surface area contributed by atoms with Crippen molar-refractivity contribution in [1.29, 1.82) is 0 Å². The lowest BCUT2D eigenvalue weighted by Crippen LogP contribution is -2.46. The topological polar surface area (TPSA) is 64.5 Å². The Morgan fingerprint density at radius 2 is 1.77 bits per heavy atom. The van der Waals surface area contributed by atoms with Gasteiger partial charge in [-0.05, 0) is 31.9 Å². The van der Waals surface area contributed by atoms with Crippen LogP contribution in [-0.2, 0) is 4.79 Å². The molecule has 1 amide bonds. The van der Waals surface area contributed by atoms with E-state index >= 15 is 0 Å². The highest BCUT2D eigenvalue weighted by Gasteiger charge is 2.37. The van der Waals surface area contributed by atoms with Gasteiger partial charge in [-0.1, -0.05) is 36.4 Å². The van der Waals surface area contributed by atoms with E-state index in [4.69, 9.17) is 9.47 Å². The van der Waals surface area contributed by atoms with Crippen LogP contribution in [0.4, 0.5) is 0 Å². The first kappa shape index (κ1) is 18.6. The Bertz CT molecular complexity index is 1040. The molecule has 6 heteroatoms. The number of hydrogen-bond donors (Lipinski definition) is 0. The molecule has 0 spiro atoms. The molecule has 0 N–H and O–H groups in total. The summed E-state index contributed by atoms with van der Waals surface area (Å²) in [5.74, 6) is 2.44. The molecule has 5 rings (SSSR count). The third-order valence-corrected chi connectivity index (χ3v) is 5.65. The van der Waals surface area contributed by atoms with Crippen molar-refractivity contribution in [2.75, 3.05) is 13.1 Å². The first-order valence-corrected chi connectivity index (χ1v) is 10.3. The van der Waals surface area contributed by atoms with Crippen LogP contribution in [0, 0.1) is 6.92 Å². The number of amides is 1. The molecule has 6 nitrogen and oxygen atoms in total. The number of hydrogen-bond acceptors (Lipinski definition) is 5. The third-order valence-electron chi connectivity index (χ3n) is 5.65. The van der Waals surface area contributed by atoms with Crippen LogP contribution in [-0.4, -0.2) is 40.0 Å². The molecule has 1 saturated heterocycles. The monoisotopic (exact) mass is 401 g/mol. The first-order valence-electron chi connectivity index (χ1n) is 10.3.